The van der Waals surface area contributed by atoms with Crippen LogP contribution >= 0.6 is 15.9 Å². The van der Waals surface area contributed by atoms with Gasteiger partial charge in [-0.05, 0) is 17.0 Å². The number of rotatable bonds is 2. The molecule has 14 heavy (non-hydrogen) atoms. The van der Waals surface area contributed by atoms with Gasteiger partial charge in [0, 0.05) is 10.7 Å². The Morgan fingerprint density at radius 1 is 1.07 bits per heavy atom. The van der Waals surface area contributed by atoms with Crippen LogP contribution in [0.5, 0.6) is 5.75 Å². The first-order chi connectivity index (χ1) is 6.86. The van der Waals surface area contributed by atoms with Crippen molar-refractivity contribution in [3.8, 4) is 5.75 Å². The lowest BCUT2D eigenvalue weighted by atomic mass is 10.1. The largest absolute Gasteiger partial charge is 0.496 e. The van der Waals surface area contributed by atoms with Gasteiger partial charge in [-0.2, -0.15) is 0 Å². The molecule has 1 nitrogen and oxygen atoms in total. The molecule has 0 aliphatic carbocycles. The molecule has 0 aliphatic heterocycles. The summed E-state index contributed by atoms with van der Waals surface area (Å²) in [5.41, 5.74) is 1.29. The summed E-state index contributed by atoms with van der Waals surface area (Å²) in [7, 11) is 1.70. The number of ether oxygens (including phenoxy) is 1. The zero-order chi connectivity index (χ0) is 9.97. The molecule has 0 N–H and O–H groups in total. The van der Waals surface area contributed by atoms with Gasteiger partial charge in [0.25, 0.3) is 0 Å². The van der Waals surface area contributed by atoms with Crippen molar-refractivity contribution in [3.05, 3.63) is 42.0 Å². The Morgan fingerprint density at radius 3 is 2.50 bits per heavy atom. The summed E-state index contributed by atoms with van der Waals surface area (Å²) in [5.74, 6) is 0.935. The molecule has 0 atom stereocenters. The molecule has 0 saturated heterocycles. The highest BCUT2D eigenvalue weighted by Gasteiger charge is 2.03. The predicted octanol–water partition coefficient (Wildman–Crippen LogP) is 3.74. The Balaban J connectivity index is 2.77. The molecule has 72 valence electrons. The lowest BCUT2D eigenvalue weighted by molar-refractivity contribution is 0.420. The van der Waals surface area contributed by atoms with Crippen LogP contribution in [0.4, 0.5) is 0 Å². The minimum absolute atomic E-state index is 0.873. The molecular weight excluding hydrogens is 240 g/mol. The maximum atomic E-state index is 5.31. The third-order valence-electron chi connectivity index (χ3n) is 2.34. The number of benzene rings is 2. The van der Waals surface area contributed by atoms with Crippen LogP contribution in [-0.4, -0.2) is 7.11 Å². The number of halogens is 1. The van der Waals surface area contributed by atoms with Gasteiger partial charge < -0.3 is 4.74 Å². The van der Waals surface area contributed by atoms with Gasteiger partial charge in [-0.15, -0.1) is 0 Å². The number of alkyl halides is 1. The fourth-order valence-electron chi connectivity index (χ4n) is 1.64. The topological polar surface area (TPSA) is 9.23 Å². The van der Waals surface area contributed by atoms with E-state index in [9.17, 15) is 0 Å². The highest BCUT2D eigenvalue weighted by molar-refractivity contribution is 9.08. The smallest absolute Gasteiger partial charge is 0.126 e. The van der Waals surface area contributed by atoms with Crippen LogP contribution in [-0.2, 0) is 5.33 Å². The van der Waals surface area contributed by atoms with E-state index in [-0.39, 0.29) is 0 Å². The Labute approximate surface area is 91.8 Å². The Hall–Kier alpha value is -1.02. The number of methoxy groups -OCH3 is 1. The van der Waals surface area contributed by atoms with Gasteiger partial charge in [0.2, 0.25) is 0 Å². The standard InChI is InChI=1S/C12H11BrO/c1-14-12-7-3-5-10-9(8-13)4-2-6-11(10)12/h2-7H,8H2,1H3. The highest BCUT2D eigenvalue weighted by Crippen LogP contribution is 2.28. The van der Waals surface area contributed by atoms with Crippen molar-refractivity contribution in [3.63, 3.8) is 0 Å². The Kier molecular flexibility index (Phi) is 2.73. The number of hydrogen-bond acceptors (Lipinski definition) is 1. The minimum atomic E-state index is 0.873. The van der Waals surface area contributed by atoms with Gasteiger partial charge in [0.15, 0.2) is 0 Å². The Bertz CT molecular complexity index is 408. The summed E-state index contributed by atoms with van der Waals surface area (Å²) < 4.78 is 5.31. The monoisotopic (exact) mass is 250 g/mol. The van der Waals surface area contributed by atoms with Gasteiger partial charge in [0.1, 0.15) is 5.75 Å². The third-order valence-corrected chi connectivity index (χ3v) is 2.94. The maximum Gasteiger partial charge on any atom is 0.126 e. The molecule has 2 aromatic carbocycles. The summed E-state index contributed by atoms with van der Waals surface area (Å²) >= 11 is 3.48. The average Bonchev–Trinajstić information content (AvgIpc) is 2.27. The lowest BCUT2D eigenvalue weighted by Gasteiger charge is -2.07. The van der Waals surface area contributed by atoms with E-state index in [2.05, 4.69) is 40.2 Å². The third kappa shape index (κ3) is 1.50. The molecular formula is C12H11BrO. The van der Waals surface area contributed by atoms with Crippen LogP contribution in [0.25, 0.3) is 10.8 Å². The maximum absolute atomic E-state index is 5.31. The van der Waals surface area contributed by atoms with Crippen LogP contribution in [0, 0.1) is 0 Å². The van der Waals surface area contributed by atoms with E-state index in [0.717, 1.165) is 11.1 Å². The first-order valence-electron chi connectivity index (χ1n) is 4.47. The van der Waals surface area contributed by atoms with E-state index < -0.39 is 0 Å². The molecule has 2 rings (SSSR count). The minimum Gasteiger partial charge on any atom is -0.496 e. The van der Waals surface area contributed by atoms with Crippen molar-refractivity contribution in [2.75, 3.05) is 7.11 Å². The highest BCUT2D eigenvalue weighted by atomic mass is 79.9. The van der Waals surface area contributed by atoms with Crippen LogP contribution in [0.2, 0.25) is 0 Å². The normalized spacial score (nSPS) is 10.4. The second kappa shape index (κ2) is 4.01. The lowest BCUT2D eigenvalue weighted by Crippen LogP contribution is -1.86. The summed E-state index contributed by atoms with van der Waals surface area (Å²) in [4.78, 5) is 0. The van der Waals surface area contributed by atoms with Gasteiger partial charge in [-0.1, -0.05) is 46.3 Å². The average molecular weight is 251 g/mol. The molecule has 0 unspecified atom stereocenters. The summed E-state index contributed by atoms with van der Waals surface area (Å²) in [6, 6.07) is 12.4. The first-order valence-corrected chi connectivity index (χ1v) is 5.59. The number of fused-ring (bicyclic) bond motifs is 1. The second-order valence-electron chi connectivity index (χ2n) is 3.11. The molecule has 0 heterocycles. The SMILES string of the molecule is COc1cccc2c(CBr)cccc12. The zero-order valence-electron chi connectivity index (χ0n) is 7.96. The number of hydrogen-bond donors (Lipinski definition) is 0. The van der Waals surface area contributed by atoms with E-state index in [1.54, 1.807) is 7.11 Å². The predicted molar refractivity (Wildman–Crippen MR) is 63.1 cm³/mol. The summed E-state index contributed by atoms with van der Waals surface area (Å²) in [6.07, 6.45) is 0. The van der Waals surface area contributed by atoms with Crippen molar-refractivity contribution in [2.45, 2.75) is 5.33 Å². The fourth-order valence-corrected chi connectivity index (χ4v) is 2.13. The van der Waals surface area contributed by atoms with Crippen LogP contribution in [0.15, 0.2) is 36.4 Å². The summed E-state index contributed by atoms with van der Waals surface area (Å²) in [5, 5.41) is 3.30. The Morgan fingerprint density at radius 2 is 1.79 bits per heavy atom. The quantitative estimate of drug-likeness (QED) is 0.738. The summed E-state index contributed by atoms with van der Waals surface area (Å²) in [6.45, 7) is 0. The van der Waals surface area contributed by atoms with Crippen LogP contribution < -0.4 is 4.74 Å². The van der Waals surface area contributed by atoms with Gasteiger partial charge in [-0.3, -0.25) is 0 Å². The van der Waals surface area contributed by atoms with Crippen molar-refractivity contribution in [1.29, 1.82) is 0 Å². The van der Waals surface area contributed by atoms with Crippen LogP contribution in [0.3, 0.4) is 0 Å². The molecule has 0 bridgehead atoms. The van der Waals surface area contributed by atoms with E-state index in [1.165, 1.54) is 16.3 Å². The first kappa shape index (κ1) is 9.53. The van der Waals surface area contributed by atoms with E-state index in [1.807, 2.05) is 12.1 Å². The molecule has 2 aromatic rings. The molecule has 0 aromatic heterocycles. The van der Waals surface area contributed by atoms with Crippen LogP contribution in [0.1, 0.15) is 5.56 Å². The molecule has 2 heteroatoms. The second-order valence-corrected chi connectivity index (χ2v) is 3.67. The van der Waals surface area contributed by atoms with E-state index in [4.69, 9.17) is 4.74 Å². The van der Waals surface area contributed by atoms with Crippen molar-refractivity contribution in [1.82, 2.24) is 0 Å². The van der Waals surface area contributed by atoms with Gasteiger partial charge in [-0.25, -0.2) is 0 Å². The van der Waals surface area contributed by atoms with Crippen molar-refractivity contribution >= 4 is 26.7 Å². The van der Waals surface area contributed by atoms with Gasteiger partial charge >= 0.3 is 0 Å². The molecule has 0 fully saturated rings. The van der Waals surface area contributed by atoms with Gasteiger partial charge in [0.05, 0.1) is 7.11 Å². The molecule has 0 amide bonds. The van der Waals surface area contributed by atoms with Crippen molar-refractivity contribution in [2.24, 2.45) is 0 Å². The molecule has 0 spiro atoms. The molecule has 0 aliphatic rings. The van der Waals surface area contributed by atoms with Crippen molar-refractivity contribution < 1.29 is 4.74 Å². The fraction of sp³-hybridized carbons (Fsp3) is 0.167. The van der Waals surface area contributed by atoms with E-state index >= 15 is 0 Å². The van der Waals surface area contributed by atoms with E-state index in [0.29, 0.717) is 0 Å². The molecule has 0 radical (unpaired) electrons. The molecule has 0 saturated carbocycles. The zero-order valence-corrected chi connectivity index (χ0v) is 9.54.